The van der Waals surface area contributed by atoms with Crippen LogP contribution in [0.2, 0.25) is 0 Å². The molecule has 0 aliphatic rings. The quantitative estimate of drug-likeness (QED) is 0.0410. The standard InChI is InChI=1S/C38H72O6/c1-5-7-9-11-12-14-19-23-27-31-38(41)44-35(32-42-36(39)29-25-20-10-8-6-2)33-43-37(40)30-26-22-18-16-13-15-17-21-24-28-34(3)4/h34-35H,5-33H2,1-4H3/t35-/m1/s1. The van der Waals surface area contributed by atoms with Crippen LogP contribution in [-0.2, 0) is 28.6 Å². The lowest BCUT2D eigenvalue weighted by atomic mass is 10.0. The fourth-order valence-electron chi connectivity index (χ4n) is 5.39. The second kappa shape index (κ2) is 32.8. The van der Waals surface area contributed by atoms with Crippen molar-refractivity contribution < 1.29 is 28.6 Å². The van der Waals surface area contributed by atoms with E-state index in [9.17, 15) is 14.4 Å². The van der Waals surface area contributed by atoms with E-state index in [-0.39, 0.29) is 31.1 Å². The van der Waals surface area contributed by atoms with Crippen molar-refractivity contribution in [3.63, 3.8) is 0 Å². The van der Waals surface area contributed by atoms with Gasteiger partial charge in [0.15, 0.2) is 6.10 Å². The maximum Gasteiger partial charge on any atom is 0.306 e. The predicted molar refractivity (Wildman–Crippen MR) is 183 cm³/mol. The minimum Gasteiger partial charge on any atom is -0.462 e. The molecule has 0 aromatic carbocycles. The number of hydrogen-bond acceptors (Lipinski definition) is 6. The Labute approximate surface area is 272 Å². The average molecular weight is 625 g/mol. The van der Waals surface area contributed by atoms with Gasteiger partial charge in [-0.3, -0.25) is 14.4 Å². The van der Waals surface area contributed by atoms with Crippen molar-refractivity contribution in [2.45, 2.75) is 207 Å². The minimum atomic E-state index is -0.755. The summed E-state index contributed by atoms with van der Waals surface area (Å²) in [6, 6.07) is 0. The zero-order valence-corrected chi connectivity index (χ0v) is 29.6. The third kappa shape index (κ3) is 31.8. The highest BCUT2D eigenvalue weighted by molar-refractivity contribution is 5.71. The van der Waals surface area contributed by atoms with E-state index in [1.54, 1.807) is 0 Å². The van der Waals surface area contributed by atoms with E-state index in [0.29, 0.717) is 19.3 Å². The summed E-state index contributed by atoms with van der Waals surface area (Å²) in [6.07, 6.45) is 28.3. The summed E-state index contributed by atoms with van der Waals surface area (Å²) in [5.41, 5.74) is 0. The van der Waals surface area contributed by atoms with E-state index in [2.05, 4.69) is 27.7 Å². The SMILES string of the molecule is CCCCCCCCCCCC(=O)O[C@H](COC(=O)CCCCCCC)COC(=O)CCCCCCCCCCCC(C)C. The lowest BCUT2D eigenvalue weighted by Gasteiger charge is -2.18. The normalized spacial score (nSPS) is 11.9. The van der Waals surface area contributed by atoms with Gasteiger partial charge in [-0.2, -0.15) is 0 Å². The van der Waals surface area contributed by atoms with Crippen molar-refractivity contribution in [1.82, 2.24) is 0 Å². The molecule has 0 saturated carbocycles. The molecule has 260 valence electrons. The Kier molecular flexibility index (Phi) is 31.6. The van der Waals surface area contributed by atoms with Crippen LogP contribution in [0.15, 0.2) is 0 Å². The Hall–Kier alpha value is -1.59. The Morgan fingerprint density at radius 1 is 0.432 bits per heavy atom. The van der Waals surface area contributed by atoms with Gasteiger partial charge in [-0.15, -0.1) is 0 Å². The van der Waals surface area contributed by atoms with Gasteiger partial charge in [-0.05, 0) is 25.2 Å². The van der Waals surface area contributed by atoms with E-state index >= 15 is 0 Å². The molecular weight excluding hydrogens is 552 g/mol. The van der Waals surface area contributed by atoms with Gasteiger partial charge in [0.25, 0.3) is 0 Å². The summed E-state index contributed by atoms with van der Waals surface area (Å²) in [7, 11) is 0. The van der Waals surface area contributed by atoms with Gasteiger partial charge in [-0.1, -0.05) is 163 Å². The molecule has 0 amide bonds. The first kappa shape index (κ1) is 42.4. The maximum absolute atomic E-state index is 12.5. The highest BCUT2D eigenvalue weighted by Crippen LogP contribution is 2.15. The Morgan fingerprint density at radius 3 is 1.11 bits per heavy atom. The molecule has 0 bridgehead atoms. The lowest BCUT2D eigenvalue weighted by Crippen LogP contribution is -2.30. The van der Waals surface area contributed by atoms with Gasteiger partial charge in [0, 0.05) is 19.3 Å². The summed E-state index contributed by atoms with van der Waals surface area (Å²) in [6.45, 7) is 8.84. The molecule has 0 spiro atoms. The third-order valence-electron chi connectivity index (χ3n) is 8.29. The Bertz CT molecular complexity index is 662. The number of carbonyl (C=O) groups is 3. The van der Waals surface area contributed by atoms with Crippen molar-refractivity contribution in [3.8, 4) is 0 Å². The number of ether oxygens (including phenoxy) is 3. The first-order valence-corrected chi connectivity index (χ1v) is 18.9. The van der Waals surface area contributed by atoms with Gasteiger partial charge in [0.05, 0.1) is 0 Å². The smallest absolute Gasteiger partial charge is 0.306 e. The second-order valence-corrected chi connectivity index (χ2v) is 13.3. The molecule has 6 heteroatoms. The molecule has 0 heterocycles. The van der Waals surface area contributed by atoms with Gasteiger partial charge in [0.2, 0.25) is 0 Å². The third-order valence-corrected chi connectivity index (χ3v) is 8.29. The molecule has 0 rings (SSSR count). The monoisotopic (exact) mass is 625 g/mol. The van der Waals surface area contributed by atoms with Crippen molar-refractivity contribution >= 4 is 17.9 Å². The van der Waals surface area contributed by atoms with Crippen molar-refractivity contribution in [2.75, 3.05) is 13.2 Å². The molecule has 0 unspecified atom stereocenters. The van der Waals surface area contributed by atoms with Crippen LogP contribution in [0.3, 0.4) is 0 Å². The summed E-state index contributed by atoms with van der Waals surface area (Å²) in [5, 5.41) is 0. The zero-order chi connectivity index (χ0) is 32.5. The second-order valence-electron chi connectivity index (χ2n) is 13.3. The Balaban J connectivity index is 4.27. The minimum absolute atomic E-state index is 0.0665. The molecule has 0 aromatic heterocycles. The summed E-state index contributed by atoms with van der Waals surface area (Å²) < 4.78 is 16.5. The largest absolute Gasteiger partial charge is 0.462 e. The maximum atomic E-state index is 12.5. The molecule has 0 aromatic rings. The van der Waals surface area contributed by atoms with Gasteiger partial charge < -0.3 is 14.2 Å². The van der Waals surface area contributed by atoms with E-state index < -0.39 is 6.10 Å². The molecule has 0 N–H and O–H groups in total. The van der Waals surface area contributed by atoms with Crippen LogP contribution in [0, 0.1) is 5.92 Å². The molecule has 44 heavy (non-hydrogen) atoms. The number of hydrogen-bond donors (Lipinski definition) is 0. The molecule has 0 fully saturated rings. The molecule has 0 aliphatic heterocycles. The van der Waals surface area contributed by atoms with Crippen LogP contribution in [0.1, 0.15) is 201 Å². The van der Waals surface area contributed by atoms with Gasteiger partial charge >= 0.3 is 17.9 Å². The lowest BCUT2D eigenvalue weighted by molar-refractivity contribution is -0.167. The predicted octanol–water partition coefficient (Wildman–Crippen LogP) is 11.2. The van der Waals surface area contributed by atoms with Crippen LogP contribution in [0.4, 0.5) is 0 Å². The zero-order valence-electron chi connectivity index (χ0n) is 29.6. The summed E-state index contributed by atoms with van der Waals surface area (Å²) in [4.78, 5) is 37.1. The fraction of sp³-hybridized carbons (Fsp3) is 0.921. The number of carbonyl (C=O) groups excluding carboxylic acids is 3. The van der Waals surface area contributed by atoms with E-state index in [0.717, 1.165) is 70.1 Å². The van der Waals surface area contributed by atoms with Crippen LogP contribution < -0.4 is 0 Å². The van der Waals surface area contributed by atoms with Gasteiger partial charge in [0.1, 0.15) is 13.2 Å². The first-order valence-electron chi connectivity index (χ1n) is 18.9. The molecular formula is C38H72O6. The number of unbranched alkanes of at least 4 members (excludes halogenated alkanes) is 20. The number of esters is 3. The average Bonchev–Trinajstić information content (AvgIpc) is 3.00. The molecule has 6 nitrogen and oxygen atoms in total. The molecule has 0 radical (unpaired) electrons. The van der Waals surface area contributed by atoms with E-state index in [4.69, 9.17) is 14.2 Å². The highest BCUT2D eigenvalue weighted by Gasteiger charge is 2.19. The topological polar surface area (TPSA) is 78.9 Å². The van der Waals surface area contributed by atoms with Crippen molar-refractivity contribution in [1.29, 1.82) is 0 Å². The van der Waals surface area contributed by atoms with Crippen LogP contribution in [0.25, 0.3) is 0 Å². The van der Waals surface area contributed by atoms with Crippen LogP contribution in [0.5, 0.6) is 0 Å². The van der Waals surface area contributed by atoms with E-state index in [1.807, 2.05) is 0 Å². The van der Waals surface area contributed by atoms with Crippen LogP contribution >= 0.6 is 0 Å². The van der Waals surface area contributed by atoms with Crippen molar-refractivity contribution in [3.05, 3.63) is 0 Å². The molecule has 0 saturated heterocycles. The van der Waals surface area contributed by atoms with Gasteiger partial charge in [-0.25, -0.2) is 0 Å². The van der Waals surface area contributed by atoms with E-state index in [1.165, 1.54) is 89.9 Å². The van der Waals surface area contributed by atoms with Crippen molar-refractivity contribution in [2.24, 2.45) is 5.92 Å². The summed E-state index contributed by atoms with van der Waals surface area (Å²) in [5.74, 6) is -0.0744. The molecule has 1 atom stereocenters. The highest BCUT2D eigenvalue weighted by atomic mass is 16.6. The summed E-state index contributed by atoms with van der Waals surface area (Å²) >= 11 is 0. The Morgan fingerprint density at radius 2 is 0.750 bits per heavy atom. The van der Waals surface area contributed by atoms with Crippen LogP contribution in [-0.4, -0.2) is 37.2 Å². The number of rotatable bonds is 33. The molecule has 0 aliphatic carbocycles. The fourth-order valence-corrected chi connectivity index (χ4v) is 5.39. The first-order chi connectivity index (χ1) is 21.4.